The lowest BCUT2D eigenvalue weighted by atomic mass is 9.74. The molecule has 308 valence electrons. The number of ether oxygens (including phenoxy) is 3. The molecule has 5 heterocycles. The molecule has 0 radical (unpaired) electrons. The van der Waals surface area contributed by atoms with Gasteiger partial charge in [-0.2, -0.15) is 0 Å². The normalized spacial score (nSPS) is 31.7. The number of anilines is 1. The molecule has 6 rings (SSSR count). The molecule has 55 heavy (non-hydrogen) atoms. The molecule has 1 aromatic carbocycles. The summed E-state index contributed by atoms with van der Waals surface area (Å²) in [5, 5.41) is 31.9. The number of carbonyl (C=O) groups excluding carboxylic acids is 2. The molecular formula is C46H71NO8. The summed E-state index contributed by atoms with van der Waals surface area (Å²) in [6, 6.07) is 9.26. The molecule has 2 amide bonds. The number of imide groups is 1. The second-order valence-electron chi connectivity index (χ2n) is 17.7. The molecule has 11 atom stereocenters. The fraction of sp³-hybridized carbons (Fsp3) is 0.783. The maximum absolute atomic E-state index is 13.4. The second-order valence-corrected chi connectivity index (χ2v) is 17.7. The SMILES string of the molecule is CCCCCC[C@H](O)CCC[C@H](O)[C@H]1CC[C@H]([C@H]2CC[C@H]([C@H](O)CCCCCCCCCCCC3=CC4(C)OC3C3C(=O)N(c5ccccc5)C(=O)C34)O2)O1. The van der Waals surface area contributed by atoms with E-state index in [2.05, 4.69) is 13.0 Å². The number of aliphatic hydroxyl groups is 3. The highest BCUT2D eigenvalue weighted by Crippen LogP contribution is 2.55. The Morgan fingerprint density at radius 2 is 1.24 bits per heavy atom. The van der Waals surface area contributed by atoms with Crippen molar-refractivity contribution in [3.8, 4) is 0 Å². The zero-order valence-electron chi connectivity index (χ0n) is 33.8. The third kappa shape index (κ3) is 10.7. The predicted octanol–water partition coefficient (Wildman–Crippen LogP) is 8.50. The third-order valence-corrected chi connectivity index (χ3v) is 13.4. The molecule has 1 aromatic rings. The number of hydrogen-bond donors (Lipinski definition) is 3. The van der Waals surface area contributed by atoms with Crippen LogP contribution in [0, 0.1) is 11.8 Å². The van der Waals surface area contributed by atoms with E-state index in [1.165, 1.54) is 61.8 Å². The molecule has 0 aromatic heterocycles. The third-order valence-electron chi connectivity index (χ3n) is 13.4. The summed E-state index contributed by atoms with van der Waals surface area (Å²) in [5.74, 6) is -1.10. The number of benzene rings is 1. The number of amides is 2. The van der Waals surface area contributed by atoms with Crippen LogP contribution in [0.25, 0.3) is 0 Å². The van der Waals surface area contributed by atoms with Crippen LogP contribution in [-0.2, 0) is 23.8 Å². The van der Waals surface area contributed by atoms with Gasteiger partial charge in [0.25, 0.3) is 0 Å². The lowest BCUT2D eigenvalue weighted by Crippen LogP contribution is -2.38. The van der Waals surface area contributed by atoms with Gasteiger partial charge in [-0.3, -0.25) is 9.59 Å². The Labute approximate surface area is 330 Å². The zero-order valence-corrected chi connectivity index (χ0v) is 33.8. The molecule has 5 aliphatic heterocycles. The molecule has 9 heteroatoms. The summed E-state index contributed by atoms with van der Waals surface area (Å²) >= 11 is 0. The highest BCUT2D eigenvalue weighted by molar-refractivity contribution is 6.23. The minimum Gasteiger partial charge on any atom is -0.393 e. The number of hydrogen-bond acceptors (Lipinski definition) is 8. The molecule has 0 aliphatic carbocycles. The molecule has 2 bridgehead atoms. The number of unbranched alkanes of at least 4 members (excludes halogenated alkanes) is 11. The Morgan fingerprint density at radius 1 is 0.691 bits per heavy atom. The van der Waals surface area contributed by atoms with Crippen LogP contribution in [0.15, 0.2) is 42.0 Å². The minimum absolute atomic E-state index is 0.00247. The van der Waals surface area contributed by atoms with E-state index in [9.17, 15) is 24.9 Å². The molecule has 4 unspecified atom stereocenters. The van der Waals surface area contributed by atoms with Crippen molar-refractivity contribution in [2.45, 2.75) is 216 Å². The zero-order chi connectivity index (χ0) is 38.8. The van der Waals surface area contributed by atoms with Gasteiger partial charge in [-0.1, -0.05) is 108 Å². The lowest BCUT2D eigenvalue weighted by Gasteiger charge is -2.24. The molecule has 9 nitrogen and oxygen atoms in total. The number of para-hydroxylation sites is 1. The van der Waals surface area contributed by atoms with Gasteiger partial charge in [0.1, 0.15) is 0 Å². The van der Waals surface area contributed by atoms with Crippen molar-refractivity contribution in [1.29, 1.82) is 0 Å². The maximum atomic E-state index is 13.4. The van der Waals surface area contributed by atoms with E-state index >= 15 is 0 Å². The van der Waals surface area contributed by atoms with Crippen molar-refractivity contribution < 1.29 is 39.1 Å². The van der Waals surface area contributed by atoms with Gasteiger partial charge < -0.3 is 29.5 Å². The van der Waals surface area contributed by atoms with Crippen molar-refractivity contribution in [2.24, 2.45) is 11.8 Å². The van der Waals surface area contributed by atoms with Crippen molar-refractivity contribution in [3.63, 3.8) is 0 Å². The molecule has 4 saturated heterocycles. The van der Waals surface area contributed by atoms with Crippen molar-refractivity contribution >= 4 is 17.5 Å². The van der Waals surface area contributed by atoms with Crippen molar-refractivity contribution in [1.82, 2.24) is 0 Å². The Kier molecular flexibility index (Phi) is 15.8. The fourth-order valence-corrected chi connectivity index (χ4v) is 10.2. The summed E-state index contributed by atoms with van der Waals surface area (Å²) in [6.07, 6.45) is 23.9. The van der Waals surface area contributed by atoms with E-state index in [4.69, 9.17) is 14.2 Å². The summed E-state index contributed by atoms with van der Waals surface area (Å²) in [7, 11) is 0. The standard InChI is InChI=1S/C46H71NO8/c1-3-4-5-17-23-34(48)24-19-26-36(50)38-28-30-40(54-38)39-29-27-37(53-39)35(49)25-18-12-10-8-6-7-9-11-14-20-32-31-46(2)42-41(43(32)55-46)44(51)47(45(42)52)33-21-15-13-16-22-33/h13,15-16,21-22,31,34-43,48-50H,3-12,14,17-20,23-30H2,1-2H3/t34-,35+,36-,37+,38+,39+,40+,41?,42?,43?,46?/m0/s1. The second kappa shape index (κ2) is 20.5. The molecular weight excluding hydrogens is 695 g/mol. The lowest BCUT2D eigenvalue weighted by molar-refractivity contribution is -0.126. The first-order chi connectivity index (χ1) is 26.7. The van der Waals surface area contributed by atoms with E-state index in [0.717, 1.165) is 89.9 Å². The Balaban J connectivity index is 0.764. The van der Waals surface area contributed by atoms with Gasteiger partial charge in [0.15, 0.2) is 0 Å². The molecule has 0 saturated carbocycles. The van der Waals surface area contributed by atoms with Crippen LogP contribution in [0.5, 0.6) is 0 Å². The Bertz CT molecular complexity index is 1390. The van der Waals surface area contributed by atoms with E-state index < -0.39 is 29.6 Å². The summed E-state index contributed by atoms with van der Waals surface area (Å²) in [6.45, 7) is 4.17. The van der Waals surface area contributed by atoms with Crippen LogP contribution in [0.3, 0.4) is 0 Å². The van der Waals surface area contributed by atoms with E-state index in [-0.39, 0.29) is 48.4 Å². The summed E-state index contributed by atoms with van der Waals surface area (Å²) in [5.41, 5.74) is 1.16. The van der Waals surface area contributed by atoms with Crippen LogP contribution in [0.1, 0.15) is 162 Å². The van der Waals surface area contributed by atoms with Gasteiger partial charge in [0, 0.05) is 0 Å². The van der Waals surface area contributed by atoms with Crippen LogP contribution in [0.2, 0.25) is 0 Å². The van der Waals surface area contributed by atoms with Gasteiger partial charge in [-0.05, 0) is 95.3 Å². The molecule has 4 fully saturated rings. The van der Waals surface area contributed by atoms with E-state index in [1.807, 2.05) is 37.3 Å². The van der Waals surface area contributed by atoms with Gasteiger partial charge in [0.05, 0.1) is 72.0 Å². The van der Waals surface area contributed by atoms with Gasteiger partial charge in [0.2, 0.25) is 11.8 Å². The first kappa shape index (κ1) is 42.5. The number of aliphatic hydroxyl groups excluding tert-OH is 3. The van der Waals surface area contributed by atoms with Gasteiger partial charge >= 0.3 is 0 Å². The number of rotatable bonds is 25. The largest absolute Gasteiger partial charge is 0.393 e. The Morgan fingerprint density at radius 3 is 1.87 bits per heavy atom. The predicted molar refractivity (Wildman–Crippen MR) is 214 cm³/mol. The van der Waals surface area contributed by atoms with Crippen molar-refractivity contribution in [2.75, 3.05) is 4.90 Å². The van der Waals surface area contributed by atoms with Crippen molar-refractivity contribution in [3.05, 3.63) is 42.0 Å². The monoisotopic (exact) mass is 766 g/mol. The maximum Gasteiger partial charge on any atom is 0.241 e. The Hall–Kier alpha value is -2.14. The molecule has 0 spiro atoms. The van der Waals surface area contributed by atoms with Crippen LogP contribution in [0.4, 0.5) is 5.69 Å². The highest BCUT2D eigenvalue weighted by atomic mass is 16.6. The van der Waals surface area contributed by atoms with E-state index in [0.29, 0.717) is 12.1 Å². The van der Waals surface area contributed by atoms with Gasteiger partial charge in [-0.25, -0.2) is 4.90 Å². The fourth-order valence-electron chi connectivity index (χ4n) is 10.2. The van der Waals surface area contributed by atoms with Crippen LogP contribution in [-0.4, -0.2) is 81.6 Å². The van der Waals surface area contributed by atoms with E-state index in [1.54, 1.807) is 0 Å². The average molecular weight is 766 g/mol. The van der Waals surface area contributed by atoms with Crippen LogP contribution < -0.4 is 4.90 Å². The summed E-state index contributed by atoms with van der Waals surface area (Å²) < 4.78 is 18.9. The number of nitrogens with zero attached hydrogens (tertiary/aromatic N) is 1. The minimum atomic E-state index is -0.692. The average Bonchev–Trinajstić information content (AvgIpc) is 4.01. The first-order valence-electron chi connectivity index (χ1n) is 22.4. The molecule has 3 N–H and O–H groups in total. The number of fused-ring (bicyclic) bond motifs is 5. The smallest absolute Gasteiger partial charge is 0.241 e. The number of carbonyl (C=O) groups is 2. The molecule has 5 aliphatic rings. The highest BCUT2D eigenvalue weighted by Gasteiger charge is 2.67. The first-order valence-corrected chi connectivity index (χ1v) is 22.4. The topological polar surface area (TPSA) is 126 Å². The van der Waals surface area contributed by atoms with Gasteiger partial charge in [-0.15, -0.1) is 0 Å². The summed E-state index contributed by atoms with van der Waals surface area (Å²) in [4.78, 5) is 28.1. The van der Waals surface area contributed by atoms with Crippen LogP contribution >= 0.6 is 0 Å². The quantitative estimate of drug-likeness (QED) is 0.0514.